The summed E-state index contributed by atoms with van der Waals surface area (Å²) in [6.07, 6.45) is 15.8. The van der Waals surface area contributed by atoms with Crippen molar-refractivity contribution in [2.45, 2.75) is 104 Å². The smallest absolute Gasteiger partial charge is 0.234 e. The molecule has 0 aliphatic heterocycles. The molecule has 3 heteroatoms. The number of aryl methyl sites for hydroxylation is 1. The van der Waals surface area contributed by atoms with Gasteiger partial charge in [0.1, 0.15) is 18.7 Å². The third kappa shape index (κ3) is 7.69. The molecule has 0 saturated heterocycles. The Balaban J connectivity index is 1.84. The van der Waals surface area contributed by atoms with Crippen molar-refractivity contribution in [3.05, 3.63) is 53.6 Å². The van der Waals surface area contributed by atoms with Crippen molar-refractivity contribution in [1.29, 1.82) is 5.26 Å². The van der Waals surface area contributed by atoms with Gasteiger partial charge in [-0.05, 0) is 25.3 Å². The second-order valence-electron chi connectivity index (χ2n) is 8.40. The van der Waals surface area contributed by atoms with Gasteiger partial charge in [0.2, 0.25) is 0 Å². The fourth-order valence-corrected chi connectivity index (χ4v) is 4.04. The summed E-state index contributed by atoms with van der Waals surface area (Å²) in [6.45, 7) is 8.35. The van der Waals surface area contributed by atoms with E-state index in [2.05, 4.69) is 65.6 Å². The van der Waals surface area contributed by atoms with E-state index in [9.17, 15) is 5.26 Å². The molecule has 0 fully saturated rings. The van der Waals surface area contributed by atoms with Crippen LogP contribution in [-0.4, -0.2) is 4.57 Å². The first-order valence-corrected chi connectivity index (χ1v) is 11.7. The summed E-state index contributed by atoms with van der Waals surface area (Å²) in [5, 5.41) is 9.47. The Morgan fingerprint density at radius 1 is 0.931 bits per heavy atom. The molecule has 158 valence electrons. The predicted octanol–water partition coefficient (Wildman–Crippen LogP) is 6.68. The zero-order valence-electron chi connectivity index (χ0n) is 18.9. The molecule has 0 spiro atoms. The van der Waals surface area contributed by atoms with Gasteiger partial charge in [-0.25, -0.2) is 9.13 Å². The maximum atomic E-state index is 9.47. The van der Waals surface area contributed by atoms with Crippen molar-refractivity contribution in [2.75, 3.05) is 0 Å². The van der Waals surface area contributed by atoms with Gasteiger partial charge in [0.25, 0.3) is 5.82 Å². The van der Waals surface area contributed by atoms with Crippen molar-refractivity contribution < 1.29 is 4.57 Å². The fourth-order valence-electron chi connectivity index (χ4n) is 4.04. The number of imidazole rings is 1. The molecule has 3 nitrogen and oxygen atoms in total. The maximum absolute atomic E-state index is 9.47. The number of nitriles is 1. The predicted molar refractivity (Wildman–Crippen MR) is 121 cm³/mol. The third-order valence-electron chi connectivity index (χ3n) is 5.98. The lowest BCUT2D eigenvalue weighted by molar-refractivity contribution is -0.703. The van der Waals surface area contributed by atoms with Gasteiger partial charge >= 0.3 is 0 Å². The van der Waals surface area contributed by atoms with Gasteiger partial charge in [0.05, 0.1) is 12.6 Å². The van der Waals surface area contributed by atoms with E-state index in [0.717, 1.165) is 18.8 Å². The Labute approximate surface area is 178 Å². The highest BCUT2D eigenvalue weighted by atomic mass is 15.2. The van der Waals surface area contributed by atoms with E-state index in [1.54, 1.807) is 0 Å². The van der Waals surface area contributed by atoms with Crippen molar-refractivity contribution in [1.82, 2.24) is 4.57 Å². The van der Waals surface area contributed by atoms with Crippen LogP contribution in [0.1, 0.15) is 101 Å². The van der Waals surface area contributed by atoms with Gasteiger partial charge in [-0.2, -0.15) is 5.26 Å². The third-order valence-corrected chi connectivity index (χ3v) is 5.98. The highest BCUT2D eigenvalue weighted by molar-refractivity contribution is 5.19. The quantitative estimate of drug-likeness (QED) is 0.260. The van der Waals surface area contributed by atoms with Gasteiger partial charge in [-0.1, -0.05) is 88.6 Å². The number of aromatic nitrogens is 2. The molecule has 1 heterocycles. The molecule has 0 N–H and O–H groups in total. The first kappa shape index (κ1) is 23.2. The summed E-state index contributed by atoms with van der Waals surface area (Å²) in [4.78, 5) is 0. The van der Waals surface area contributed by atoms with Crippen molar-refractivity contribution >= 4 is 0 Å². The van der Waals surface area contributed by atoms with Crippen LogP contribution in [0, 0.1) is 18.3 Å². The van der Waals surface area contributed by atoms with E-state index in [1.165, 1.54) is 75.6 Å². The average Bonchev–Trinajstić information content (AvgIpc) is 3.05. The first-order valence-electron chi connectivity index (χ1n) is 11.7. The van der Waals surface area contributed by atoms with Crippen LogP contribution in [0.2, 0.25) is 0 Å². The molecule has 0 amide bonds. The first-order chi connectivity index (χ1) is 14.2. The van der Waals surface area contributed by atoms with Gasteiger partial charge < -0.3 is 0 Å². The number of unbranched alkanes of at least 4 members (excludes halogenated alkanes) is 9. The number of rotatable bonds is 14. The Kier molecular flexibility index (Phi) is 10.6. The van der Waals surface area contributed by atoms with Crippen molar-refractivity contribution in [2.24, 2.45) is 0 Å². The Morgan fingerprint density at radius 3 is 2.10 bits per heavy atom. The summed E-state index contributed by atoms with van der Waals surface area (Å²) in [7, 11) is 0. The normalized spacial score (nSPS) is 12.1. The van der Waals surface area contributed by atoms with E-state index in [-0.39, 0.29) is 5.92 Å². The SMILES string of the molecule is CCCCCCCCCCCC[n+]1cc(C(C)C#N)n(Cc2ccccc2)c1C. The molecule has 0 saturated carbocycles. The topological polar surface area (TPSA) is 32.6 Å². The molecule has 1 unspecified atom stereocenters. The monoisotopic (exact) mass is 394 g/mol. The minimum Gasteiger partial charge on any atom is -0.234 e. The maximum Gasteiger partial charge on any atom is 0.253 e. The highest BCUT2D eigenvalue weighted by Crippen LogP contribution is 2.18. The van der Waals surface area contributed by atoms with E-state index >= 15 is 0 Å². The largest absolute Gasteiger partial charge is 0.253 e. The minimum atomic E-state index is -0.0913. The van der Waals surface area contributed by atoms with Crippen LogP contribution in [0.25, 0.3) is 0 Å². The molecule has 0 radical (unpaired) electrons. The summed E-state index contributed by atoms with van der Waals surface area (Å²) in [5.41, 5.74) is 2.41. The Hall–Kier alpha value is -2.08. The average molecular weight is 395 g/mol. The second-order valence-corrected chi connectivity index (χ2v) is 8.40. The van der Waals surface area contributed by atoms with Gasteiger partial charge in [-0.3, -0.25) is 0 Å². The minimum absolute atomic E-state index is 0.0913. The summed E-state index contributed by atoms with van der Waals surface area (Å²) in [6, 6.07) is 13.0. The molecular formula is C26H40N3+. The number of hydrogen-bond donors (Lipinski definition) is 0. The van der Waals surface area contributed by atoms with Gasteiger partial charge in [0.15, 0.2) is 5.69 Å². The van der Waals surface area contributed by atoms with Gasteiger partial charge in [0, 0.05) is 6.92 Å². The number of hydrogen-bond acceptors (Lipinski definition) is 1. The van der Waals surface area contributed by atoms with Crippen LogP contribution in [0.3, 0.4) is 0 Å². The van der Waals surface area contributed by atoms with E-state index in [0.29, 0.717) is 0 Å². The molecule has 0 aliphatic carbocycles. The van der Waals surface area contributed by atoms with E-state index in [4.69, 9.17) is 0 Å². The van der Waals surface area contributed by atoms with Gasteiger partial charge in [-0.15, -0.1) is 0 Å². The highest BCUT2D eigenvalue weighted by Gasteiger charge is 2.24. The van der Waals surface area contributed by atoms with Crippen molar-refractivity contribution in [3.63, 3.8) is 0 Å². The molecule has 2 aromatic rings. The van der Waals surface area contributed by atoms with Crippen LogP contribution < -0.4 is 4.57 Å². The van der Waals surface area contributed by atoms with Crippen molar-refractivity contribution in [3.8, 4) is 6.07 Å². The van der Waals surface area contributed by atoms with Crippen LogP contribution in [0.5, 0.6) is 0 Å². The summed E-state index contributed by atoms with van der Waals surface area (Å²) >= 11 is 0. The Bertz CT molecular complexity index is 739. The lowest BCUT2D eigenvalue weighted by atomic mass is 10.1. The fraction of sp³-hybridized carbons (Fsp3) is 0.615. The molecule has 0 bridgehead atoms. The second kappa shape index (κ2) is 13.2. The lowest BCUT2D eigenvalue weighted by Crippen LogP contribution is -2.35. The number of nitrogens with zero attached hydrogens (tertiary/aromatic N) is 3. The molecular weight excluding hydrogens is 354 g/mol. The molecule has 1 aromatic heterocycles. The van der Waals surface area contributed by atoms with Crippen LogP contribution in [0.4, 0.5) is 0 Å². The number of benzene rings is 1. The summed E-state index contributed by atoms with van der Waals surface area (Å²) in [5.74, 6) is 1.16. The molecule has 1 aromatic carbocycles. The molecule has 1 atom stereocenters. The van der Waals surface area contributed by atoms with E-state index in [1.807, 2.05) is 6.92 Å². The standard InChI is InChI=1S/C26H40N3/c1-4-5-6-7-8-9-10-11-12-16-19-28-22-26(23(2)20-27)29(24(28)3)21-25-17-14-13-15-18-25/h13-15,17-18,22-23H,4-12,16,19,21H2,1-3H3/q+1. The lowest BCUT2D eigenvalue weighted by Gasteiger charge is -2.05. The summed E-state index contributed by atoms with van der Waals surface area (Å²) < 4.78 is 4.68. The molecule has 29 heavy (non-hydrogen) atoms. The zero-order valence-corrected chi connectivity index (χ0v) is 18.9. The molecule has 2 rings (SSSR count). The van der Waals surface area contributed by atoms with Crippen LogP contribution >= 0.6 is 0 Å². The molecule has 0 aliphatic rings. The van der Waals surface area contributed by atoms with Crippen LogP contribution in [0.15, 0.2) is 36.5 Å². The Morgan fingerprint density at radius 2 is 1.52 bits per heavy atom. The van der Waals surface area contributed by atoms with E-state index < -0.39 is 0 Å². The van der Waals surface area contributed by atoms with Crippen LogP contribution in [-0.2, 0) is 13.1 Å². The zero-order chi connectivity index (χ0) is 20.9.